The molecule has 22 nitrogen and oxygen atoms in total. The molecule has 0 aliphatic carbocycles. The number of imide groups is 1. The van der Waals surface area contributed by atoms with Gasteiger partial charge < -0.3 is 52.6 Å². The number of aliphatic imine (C=N–C) groups is 1. The lowest BCUT2D eigenvalue weighted by Gasteiger charge is -2.28. The van der Waals surface area contributed by atoms with Gasteiger partial charge in [-0.2, -0.15) is 0 Å². The maximum atomic E-state index is 15.6. The number of nitrogens with two attached hydrogens (primary N) is 2. The quantitative estimate of drug-likeness (QED) is 0.0494. The van der Waals surface area contributed by atoms with E-state index in [4.69, 9.17) is 16.2 Å². The summed E-state index contributed by atoms with van der Waals surface area (Å²) in [5.41, 5.74) is 14.6. The van der Waals surface area contributed by atoms with Crippen molar-refractivity contribution in [1.29, 1.82) is 0 Å². The lowest BCUT2D eigenvalue weighted by atomic mass is 10.0. The van der Waals surface area contributed by atoms with Crippen LogP contribution >= 0.6 is 0 Å². The van der Waals surface area contributed by atoms with Crippen LogP contribution in [0, 0.1) is 5.82 Å². The van der Waals surface area contributed by atoms with E-state index in [0.717, 1.165) is 23.8 Å². The highest BCUT2D eigenvalue weighted by atomic mass is 19.1. The van der Waals surface area contributed by atoms with Gasteiger partial charge in [0.15, 0.2) is 0 Å². The molecule has 10 amide bonds. The van der Waals surface area contributed by atoms with E-state index in [1.54, 1.807) is 41.3 Å². The normalized spacial score (nSPS) is 14.1. The number of hydrogen-bond donors (Lipinski definition) is 7. The molecule has 75 heavy (non-hydrogen) atoms. The topological polar surface area (TPSA) is 310 Å². The summed E-state index contributed by atoms with van der Waals surface area (Å²) in [6.45, 7) is 5.42. The van der Waals surface area contributed by atoms with E-state index in [0.29, 0.717) is 79.0 Å². The summed E-state index contributed by atoms with van der Waals surface area (Å²) >= 11 is 0. The van der Waals surface area contributed by atoms with Crippen LogP contribution in [0.15, 0.2) is 71.4 Å². The summed E-state index contributed by atoms with van der Waals surface area (Å²) in [6, 6.07) is 8.80. The fourth-order valence-electron chi connectivity index (χ4n) is 8.47. The van der Waals surface area contributed by atoms with Crippen molar-refractivity contribution in [3.8, 4) is 0 Å². The molecule has 0 saturated carbocycles. The largest absolute Gasteiger partial charge is 0.445 e. The van der Waals surface area contributed by atoms with Crippen LogP contribution in [0.3, 0.4) is 0 Å². The fraction of sp³-hybridized carbons (Fsp3) is 0.404. The Morgan fingerprint density at radius 3 is 2.32 bits per heavy atom. The first-order valence-electron chi connectivity index (χ1n) is 24.9. The molecule has 1 unspecified atom stereocenters. The number of nitrogens with one attached hydrogen (secondary N) is 5. The highest BCUT2D eigenvalue weighted by Crippen LogP contribution is 2.31. The van der Waals surface area contributed by atoms with E-state index in [9.17, 15) is 43.2 Å². The third kappa shape index (κ3) is 16.2. The molecule has 0 bridgehead atoms. The second-order valence-electron chi connectivity index (χ2n) is 18.1. The zero-order chi connectivity index (χ0) is 54.0. The first-order chi connectivity index (χ1) is 36.0. The Hall–Kier alpha value is -8.50. The van der Waals surface area contributed by atoms with Crippen LogP contribution in [0.4, 0.5) is 31.0 Å². The van der Waals surface area contributed by atoms with Crippen LogP contribution in [0.2, 0.25) is 0 Å². The summed E-state index contributed by atoms with van der Waals surface area (Å²) in [5.74, 6) is -3.95. The van der Waals surface area contributed by atoms with Crippen LogP contribution < -0.4 is 38.1 Å². The fourth-order valence-corrected chi connectivity index (χ4v) is 8.47. The van der Waals surface area contributed by atoms with Gasteiger partial charge in [0.1, 0.15) is 24.3 Å². The van der Waals surface area contributed by atoms with Crippen LogP contribution in [-0.4, -0.2) is 124 Å². The summed E-state index contributed by atoms with van der Waals surface area (Å²) in [5, 5.41) is 13.0. The molecule has 0 fully saturated rings. The van der Waals surface area contributed by atoms with E-state index in [1.165, 1.54) is 29.3 Å². The third-order valence-electron chi connectivity index (χ3n) is 12.3. The molecule has 1 aromatic heterocycles. The van der Waals surface area contributed by atoms with Gasteiger partial charge in [-0.05, 0) is 86.1 Å². The van der Waals surface area contributed by atoms with E-state index in [-0.39, 0.29) is 98.3 Å². The zero-order valence-electron chi connectivity index (χ0n) is 42.0. The van der Waals surface area contributed by atoms with Crippen molar-refractivity contribution in [2.45, 2.75) is 97.2 Å². The molecule has 3 aromatic rings. The average molecular weight is 1040 g/mol. The first kappa shape index (κ1) is 55.8. The van der Waals surface area contributed by atoms with Crippen LogP contribution in [0.25, 0.3) is 6.08 Å². The monoisotopic (exact) mass is 1030 g/mol. The van der Waals surface area contributed by atoms with Gasteiger partial charge in [-0.15, -0.1) is 0 Å². The van der Waals surface area contributed by atoms with Crippen molar-refractivity contribution in [3.63, 3.8) is 0 Å². The molecular weight excluding hydrogens is 972 g/mol. The second kappa shape index (κ2) is 27.0. The Kier molecular flexibility index (Phi) is 20.1. The molecule has 0 saturated heterocycles. The predicted molar refractivity (Wildman–Crippen MR) is 275 cm³/mol. The summed E-state index contributed by atoms with van der Waals surface area (Å²) < 4.78 is 21.2. The molecule has 2 aromatic carbocycles. The van der Waals surface area contributed by atoms with Gasteiger partial charge in [-0.25, -0.2) is 19.0 Å². The molecule has 4 heterocycles. The minimum Gasteiger partial charge on any atom is -0.445 e. The Morgan fingerprint density at radius 2 is 1.61 bits per heavy atom. The lowest BCUT2D eigenvalue weighted by Crippen LogP contribution is -2.47. The highest BCUT2D eigenvalue weighted by molar-refractivity contribution is 6.13. The predicted octanol–water partition coefficient (Wildman–Crippen LogP) is 4.07. The number of urea groups is 1. The number of benzene rings is 2. The van der Waals surface area contributed by atoms with Crippen molar-refractivity contribution in [1.82, 2.24) is 35.6 Å². The molecule has 6 rings (SSSR count). The number of amides is 10. The van der Waals surface area contributed by atoms with Crippen LogP contribution in [0.1, 0.15) is 104 Å². The molecule has 1 atom stereocenters. The van der Waals surface area contributed by atoms with Crippen molar-refractivity contribution in [2.24, 2.45) is 16.5 Å². The molecule has 0 spiro atoms. The number of fused-ring (bicyclic) bond motifs is 2. The average Bonchev–Trinajstić information content (AvgIpc) is 3.60. The van der Waals surface area contributed by atoms with Crippen molar-refractivity contribution in [3.05, 3.63) is 100 Å². The molecule has 3 aliphatic heterocycles. The zero-order valence-corrected chi connectivity index (χ0v) is 42.0. The van der Waals surface area contributed by atoms with E-state index < -0.39 is 48.2 Å². The minimum absolute atomic E-state index is 0.0720. The summed E-state index contributed by atoms with van der Waals surface area (Å²) in [7, 11) is 0. The number of halogens is 1. The van der Waals surface area contributed by atoms with Gasteiger partial charge in [-0.1, -0.05) is 32.4 Å². The number of carbonyl (C=O) groups is 9. The number of ether oxygens (including phenoxy) is 1. The maximum Gasteiger partial charge on any atom is 0.410 e. The molecule has 23 heteroatoms. The molecule has 3 aliphatic rings. The van der Waals surface area contributed by atoms with E-state index >= 15 is 4.39 Å². The van der Waals surface area contributed by atoms with Gasteiger partial charge in [0, 0.05) is 86.7 Å². The maximum absolute atomic E-state index is 15.6. The van der Waals surface area contributed by atoms with Gasteiger partial charge in [0.2, 0.25) is 23.6 Å². The number of primary amides is 1. The van der Waals surface area contributed by atoms with E-state index in [2.05, 4.69) is 36.6 Å². The summed E-state index contributed by atoms with van der Waals surface area (Å²) in [6.07, 6.45) is 8.95. The van der Waals surface area contributed by atoms with Crippen LogP contribution in [0.5, 0.6) is 0 Å². The van der Waals surface area contributed by atoms with Crippen molar-refractivity contribution < 1.29 is 52.3 Å². The van der Waals surface area contributed by atoms with Gasteiger partial charge in [-0.3, -0.25) is 43.4 Å². The summed E-state index contributed by atoms with van der Waals surface area (Å²) in [4.78, 5) is 127. The molecule has 0 radical (unpaired) electrons. The molecule has 9 N–H and O–H groups in total. The Bertz CT molecular complexity index is 2740. The lowest BCUT2D eigenvalue weighted by molar-refractivity contribution is -0.137. The van der Waals surface area contributed by atoms with Gasteiger partial charge in [0.25, 0.3) is 17.7 Å². The van der Waals surface area contributed by atoms with Gasteiger partial charge in [0.05, 0.1) is 36.2 Å². The van der Waals surface area contributed by atoms with Crippen molar-refractivity contribution >= 4 is 82.4 Å². The number of nitrogens with zero attached hydrogens (tertiary/aromatic N) is 5. The van der Waals surface area contributed by atoms with E-state index in [1.807, 2.05) is 13.8 Å². The highest BCUT2D eigenvalue weighted by Gasteiger charge is 2.27. The van der Waals surface area contributed by atoms with Gasteiger partial charge >= 0.3 is 12.1 Å². The Balaban J connectivity index is 0.973. The van der Waals surface area contributed by atoms with Crippen LogP contribution in [-0.2, 0) is 53.1 Å². The third-order valence-corrected chi connectivity index (χ3v) is 12.3. The molecule has 398 valence electrons. The SMILES string of the molecule is CCCN(CCC)C(=O)C1=Cc2cc(F)c(C(=O)Nc3cnc4c(c3)CN(C(=O)OCc3ccc(NC(=O)C(CCCNC(N)=O)NC(=O)CNC(=O)CCCCCN5C(=O)C=CC5=O)cc3)CC4)cc2N=C(N)C1. The number of anilines is 2. The number of aromatic nitrogens is 1. The van der Waals surface area contributed by atoms with Crippen molar-refractivity contribution in [2.75, 3.05) is 49.9 Å². The minimum atomic E-state index is -1.05. The Morgan fingerprint density at radius 1 is 0.880 bits per heavy atom. The smallest absolute Gasteiger partial charge is 0.410 e. The molecular formula is C52H63FN12O10. The number of carbonyl (C=O) groups excluding carboxylic acids is 9. The second-order valence-corrected chi connectivity index (χ2v) is 18.1. The number of rotatable bonds is 24. The number of unbranched alkanes of at least 4 members (excludes halogenated alkanes) is 2. The Labute approximate surface area is 432 Å². The number of pyridine rings is 1. The number of amidine groups is 1. The number of hydrogen-bond acceptors (Lipinski definition) is 13. The first-order valence-corrected chi connectivity index (χ1v) is 24.9. The standard InChI is InChI=1S/C52H63FN12O10/c1-3-19-63(20-4-2)50(72)34-23-33-25-39(53)38(27-42(33)61-43(54)26-34)48(70)60-37-24-35-30-64(22-17-40(35)57-28-37)52(74)75-31-32-11-13-36(14-12-32)59-49(71)41(9-8-18-56-51(55)73)62-45(67)29-58-44(66)10-6-5-7-21-65-46(68)15-16-47(65)69/h11-16,23-25,27-28,41H,3-10,17-22,26,29-31H2,1-2H3,(H2,54,61)(H,58,66)(H,59,71)(H,60,70)(H,62,67)(H3,55,56,73).